The second kappa shape index (κ2) is 7.62. The van der Waals surface area contributed by atoms with Gasteiger partial charge >= 0.3 is 0 Å². The average molecular weight is 383 g/mol. The van der Waals surface area contributed by atoms with Crippen molar-refractivity contribution in [2.24, 2.45) is 0 Å². The molecule has 2 aromatic rings. The number of benzene rings is 2. The first kappa shape index (κ1) is 18.5. The molecule has 0 N–H and O–H groups in total. The maximum atomic E-state index is 13.1. The Morgan fingerprint density at radius 2 is 1.82 bits per heavy atom. The van der Waals surface area contributed by atoms with Crippen LogP contribution in [0.2, 0.25) is 0 Å². The van der Waals surface area contributed by atoms with Crippen molar-refractivity contribution in [2.45, 2.75) is 19.3 Å². The van der Waals surface area contributed by atoms with E-state index in [1.54, 1.807) is 38.3 Å². The minimum absolute atomic E-state index is 0.129. The molecule has 0 atom stereocenters. The van der Waals surface area contributed by atoms with E-state index in [1.165, 1.54) is 16.7 Å². The largest absolute Gasteiger partial charge is 0.496 e. The normalized spacial score (nSPS) is 14.0. The first-order valence-corrected chi connectivity index (χ1v) is 9.53. The Morgan fingerprint density at radius 1 is 1.11 bits per heavy atom. The molecule has 2 aliphatic rings. The smallest absolute Gasteiger partial charge is 0.261 e. The topological polar surface area (TPSA) is 57.2 Å². The van der Waals surface area contributed by atoms with Crippen LogP contribution in [0.25, 0.3) is 0 Å². The summed E-state index contributed by atoms with van der Waals surface area (Å²) in [6.45, 7) is 1.98. The molecule has 0 radical (unpaired) electrons. The standard InChI is InChI=1S/C22H25NO5/c1-23(22(24)20-17(25-2)5-4-6-18(20)26-3)10-7-16-15-9-12-27-19(15)13-14-8-11-28-21(14)16/h4-6,13H,7-12H2,1-3H3. The number of carbonyl (C=O) groups excluding carboxylic acids is 1. The van der Waals surface area contributed by atoms with Crippen molar-refractivity contribution in [3.63, 3.8) is 0 Å². The van der Waals surface area contributed by atoms with Crippen LogP contribution >= 0.6 is 0 Å². The van der Waals surface area contributed by atoms with Crippen LogP contribution < -0.4 is 18.9 Å². The highest BCUT2D eigenvalue weighted by atomic mass is 16.5. The third-order valence-corrected chi connectivity index (χ3v) is 5.45. The third kappa shape index (κ3) is 3.13. The number of nitrogens with zero attached hydrogens (tertiary/aromatic N) is 1. The zero-order chi connectivity index (χ0) is 19.7. The van der Waals surface area contributed by atoms with Crippen LogP contribution in [-0.4, -0.2) is 51.8 Å². The lowest BCUT2D eigenvalue weighted by Crippen LogP contribution is -2.29. The van der Waals surface area contributed by atoms with Gasteiger partial charge in [-0.3, -0.25) is 4.79 Å². The van der Waals surface area contributed by atoms with E-state index in [-0.39, 0.29) is 5.91 Å². The highest BCUT2D eigenvalue weighted by Gasteiger charge is 2.27. The summed E-state index contributed by atoms with van der Waals surface area (Å²) in [7, 11) is 4.91. The molecule has 2 heterocycles. The Bertz CT molecular complexity index is 854. The van der Waals surface area contributed by atoms with Crippen LogP contribution in [0.4, 0.5) is 0 Å². The predicted molar refractivity (Wildman–Crippen MR) is 105 cm³/mol. The number of methoxy groups -OCH3 is 2. The van der Waals surface area contributed by atoms with E-state index in [0.717, 1.165) is 24.3 Å². The van der Waals surface area contributed by atoms with Crippen molar-refractivity contribution in [3.05, 3.63) is 46.5 Å². The lowest BCUT2D eigenvalue weighted by molar-refractivity contribution is 0.0789. The molecule has 1 amide bonds. The van der Waals surface area contributed by atoms with Gasteiger partial charge in [-0.05, 0) is 24.6 Å². The van der Waals surface area contributed by atoms with E-state index in [4.69, 9.17) is 18.9 Å². The highest BCUT2D eigenvalue weighted by Crippen LogP contribution is 2.41. The monoisotopic (exact) mass is 383 g/mol. The predicted octanol–water partition coefficient (Wildman–Crippen LogP) is 2.89. The van der Waals surface area contributed by atoms with Gasteiger partial charge in [-0.2, -0.15) is 0 Å². The Balaban J connectivity index is 1.57. The van der Waals surface area contributed by atoms with Gasteiger partial charge in [0.15, 0.2) is 0 Å². The first-order valence-electron chi connectivity index (χ1n) is 9.53. The Labute approximate surface area is 165 Å². The van der Waals surface area contributed by atoms with Crippen LogP contribution in [0.15, 0.2) is 24.3 Å². The minimum atomic E-state index is -0.129. The molecule has 2 aromatic carbocycles. The van der Waals surface area contributed by atoms with Crippen LogP contribution in [0.3, 0.4) is 0 Å². The van der Waals surface area contributed by atoms with Crippen molar-refractivity contribution in [1.29, 1.82) is 0 Å². The summed E-state index contributed by atoms with van der Waals surface area (Å²) in [4.78, 5) is 14.8. The number of hydrogen-bond acceptors (Lipinski definition) is 5. The van der Waals surface area contributed by atoms with E-state index in [1.807, 2.05) is 6.07 Å². The van der Waals surface area contributed by atoms with Crippen molar-refractivity contribution in [1.82, 2.24) is 4.90 Å². The average Bonchev–Trinajstić information content (AvgIpc) is 3.38. The van der Waals surface area contributed by atoms with Gasteiger partial charge in [0.25, 0.3) is 5.91 Å². The summed E-state index contributed by atoms with van der Waals surface area (Å²) in [5, 5.41) is 0. The molecule has 0 unspecified atom stereocenters. The van der Waals surface area contributed by atoms with Gasteiger partial charge in [-0.1, -0.05) is 6.07 Å². The lowest BCUT2D eigenvalue weighted by Gasteiger charge is -2.21. The van der Waals surface area contributed by atoms with E-state index in [0.29, 0.717) is 43.2 Å². The summed E-state index contributed by atoms with van der Waals surface area (Å²) in [5.41, 5.74) is 4.04. The van der Waals surface area contributed by atoms with Crippen LogP contribution in [0.1, 0.15) is 27.0 Å². The molecule has 2 aliphatic heterocycles. The summed E-state index contributed by atoms with van der Waals surface area (Å²) in [5.74, 6) is 2.85. The third-order valence-electron chi connectivity index (χ3n) is 5.45. The maximum Gasteiger partial charge on any atom is 0.261 e. The Kier molecular flexibility index (Phi) is 5.03. The van der Waals surface area contributed by atoms with Crippen molar-refractivity contribution in [3.8, 4) is 23.0 Å². The molecule has 28 heavy (non-hydrogen) atoms. The zero-order valence-corrected chi connectivity index (χ0v) is 16.5. The summed E-state index contributed by atoms with van der Waals surface area (Å²) in [6.07, 6.45) is 2.51. The van der Waals surface area contributed by atoms with E-state index >= 15 is 0 Å². The molecular formula is C22H25NO5. The fourth-order valence-electron chi connectivity index (χ4n) is 3.98. The number of amides is 1. The summed E-state index contributed by atoms with van der Waals surface area (Å²) in [6, 6.07) is 7.46. The van der Waals surface area contributed by atoms with Gasteiger partial charge in [0.2, 0.25) is 0 Å². The molecule has 4 rings (SSSR count). The molecule has 0 bridgehead atoms. The van der Waals surface area contributed by atoms with Gasteiger partial charge < -0.3 is 23.8 Å². The number of rotatable bonds is 6. The summed E-state index contributed by atoms with van der Waals surface area (Å²) < 4.78 is 22.4. The highest BCUT2D eigenvalue weighted by molar-refractivity contribution is 5.99. The van der Waals surface area contributed by atoms with E-state index < -0.39 is 0 Å². The SMILES string of the molecule is COc1cccc(OC)c1C(=O)N(C)CCc1c2c(cc3c1OCC3)OCC2. The summed E-state index contributed by atoms with van der Waals surface area (Å²) >= 11 is 0. The molecule has 6 nitrogen and oxygen atoms in total. The molecular weight excluding hydrogens is 358 g/mol. The van der Waals surface area contributed by atoms with Gasteiger partial charge in [-0.25, -0.2) is 0 Å². The van der Waals surface area contributed by atoms with Crippen LogP contribution in [0.5, 0.6) is 23.0 Å². The van der Waals surface area contributed by atoms with E-state index in [2.05, 4.69) is 6.07 Å². The second-order valence-electron chi connectivity index (χ2n) is 7.03. The number of carbonyl (C=O) groups is 1. The fourth-order valence-corrected chi connectivity index (χ4v) is 3.98. The molecule has 0 fully saturated rings. The zero-order valence-electron chi connectivity index (χ0n) is 16.5. The molecule has 148 valence electrons. The van der Waals surface area contributed by atoms with Crippen LogP contribution in [-0.2, 0) is 19.3 Å². The maximum absolute atomic E-state index is 13.1. The molecule has 6 heteroatoms. The lowest BCUT2D eigenvalue weighted by atomic mass is 9.97. The number of likely N-dealkylation sites (N-methyl/N-ethyl adjacent to an activating group) is 1. The first-order chi connectivity index (χ1) is 13.6. The van der Waals surface area contributed by atoms with Gasteiger partial charge in [0, 0.05) is 43.1 Å². The number of fused-ring (bicyclic) bond motifs is 2. The molecule has 0 aliphatic carbocycles. The van der Waals surface area contributed by atoms with Crippen molar-refractivity contribution >= 4 is 5.91 Å². The molecule has 0 spiro atoms. The Hall–Kier alpha value is -2.89. The van der Waals surface area contributed by atoms with Crippen LogP contribution in [0, 0.1) is 0 Å². The second-order valence-corrected chi connectivity index (χ2v) is 7.03. The fraction of sp³-hybridized carbons (Fsp3) is 0.409. The van der Waals surface area contributed by atoms with E-state index in [9.17, 15) is 4.79 Å². The molecule has 0 aromatic heterocycles. The quantitative estimate of drug-likeness (QED) is 0.768. The minimum Gasteiger partial charge on any atom is -0.496 e. The van der Waals surface area contributed by atoms with Gasteiger partial charge in [0.05, 0.1) is 27.4 Å². The van der Waals surface area contributed by atoms with Gasteiger partial charge in [0.1, 0.15) is 28.6 Å². The number of ether oxygens (including phenoxy) is 4. The van der Waals surface area contributed by atoms with Gasteiger partial charge in [-0.15, -0.1) is 0 Å². The molecule has 0 saturated carbocycles. The number of hydrogen-bond donors (Lipinski definition) is 0. The van der Waals surface area contributed by atoms with Crippen molar-refractivity contribution in [2.75, 3.05) is 41.0 Å². The molecule has 0 saturated heterocycles. The Morgan fingerprint density at radius 3 is 2.54 bits per heavy atom. The van der Waals surface area contributed by atoms with Crippen molar-refractivity contribution < 1.29 is 23.7 Å².